The molecule has 1 N–H and O–H groups in total. The molecule has 0 saturated heterocycles. The number of hydrogen-bond acceptors (Lipinski definition) is 7. The second-order valence-electron chi connectivity index (χ2n) is 7.24. The first-order valence-electron chi connectivity index (χ1n) is 10.3. The molecule has 5 aromatic rings. The Morgan fingerprint density at radius 3 is 2.88 bits per heavy atom. The number of furan rings is 1. The van der Waals surface area contributed by atoms with Crippen molar-refractivity contribution >= 4 is 56.7 Å². The van der Waals surface area contributed by atoms with Gasteiger partial charge in [0, 0.05) is 27.9 Å². The highest BCUT2D eigenvalue weighted by atomic mass is 35.5. The maximum Gasteiger partial charge on any atom is 0.236 e. The zero-order chi connectivity index (χ0) is 23.5. The fraction of sp³-hybridized carbons (Fsp3) is 0.0833. The average Bonchev–Trinajstić information content (AvgIpc) is 3.57. The minimum Gasteiger partial charge on any atom is -0.453 e. The quantitative estimate of drug-likeness (QED) is 0.193. The van der Waals surface area contributed by atoms with Crippen LogP contribution in [0.25, 0.3) is 33.8 Å². The number of allylic oxidation sites excluding steroid dienone is 1. The first-order chi connectivity index (χ1) is 16.6. The van der Waals surface area contributed by atoms with E-state index in [2.05, 4.69) is 27.1 Å². The van der Waals surface area contributed by atoms with Crippen LogP contribution in [0, 0.1) is 0 Å². The van der Waals surface area contributed by atoms with Crippen LogP contribution < -0.4 is 5.32 Å². The highest BCUT2D eigenvalue weighted by molar-refractivity contribution is 7.99. The van der Waals surface area contributed by atoms with Crippen LogP contribution in [0.1, 0.15) is 0 Å². The summed E-state index contributed by atoms with van der Waals surface area (Å²) in [5, 5.41) is 16.0. The highest BCUT2D eigenvalue weighted by Gasteiger charge is 2.19. The minimum absolute atomic E-state index is 0.158. The van der Waals surface area contributed by atoms with Crippen molar-refractivity contribution in [1.82, 2.24) is 19.7 Å². The van der Waals surface area contributed by atoms with Gasteiger partial charge in [-0.3, -0.25) is 9.36 Å². The van der Waals surface area contributed by atoms with Crippen molar-refractivity contribution < 1.29 is 9.21 Å². The third-order valence-corrected chi connectivity index (χ3v) is 6.84. The number of nitrogens with zero attached hydrogens (tertiary/aromatic N) is 4. The van der Waals surface area contributed by atoms with Crippen LogP contribution in [0.5, 0.6) is 0 Å². The lowest BCUT2D eigenvalue weighted by Crippen LogP contribution is -2.14. The third kappa shape index (κ3) is 4.77. The van der Waals surface area contributed by atoms with Gasteiger partial charge in [-0.2, -0.15) is 0 Å². The van der Waals surface area contributed by atoms with E-state index >= 15 is 0 Å². The number of benzene rings is 2. The summed E-state index contributed by atoms with van der Waals surface area (Å²) in [5.41, 5.74) is 2.54. The van der Waals surface area contributed by atoms with Crippen LogP contribution in [0.15, 0.2) is 82.2 Å². The lowest BCUT2D eigenvalue weighted by molar-refractivity contribution is -0.113. The Kier molecular flexibility index (Phi) is 6.48. The molecule has 0 aliphatic carbocycles. The molecule has 7 nitrogen and oxygen atoms in total. The normalized spacial score (nSPS) is 11.1. The lowest BCUT2D eigenvalue weighted by atomic mass is 10.2. The lowest BCUT2D eigenvalue weighted by Gasteiger charge is -2.06. The van der Waals surface area contributed by atoms with E-state index in [-0.39, 0.29) is 11.7 Å². The summed E-state index contributed by atoms with van der Waals surface area (Å²) in [4.78, 5) is 17.1. The van der Waals surface area contributed by atoms with Crippen LogP contribution >= 0.6 is 34.7 Å². The van der Waals surface area contributed by atoms with Gasteiger partial charge in [0.05, 0.1) is 11.4 Å². The molecule has 0 unspecified atom stereocenters. The number of anilines is 1. The fourth-order valence-electron chi connectivity index (χ4n) is 3.35. The van der Waals surface area contributed by atoms with E-state index in [4.69, 9.17) is 16.0 Å². The summed E-state index contributed by atoms with van der Waals surface area (Å²) in [6.07, 6.45) is 1.75. The predicted molar refractivity (Wildman–Crippen MR) is 137 cm³/mol. The van der Waals surface area contributed by atoms with Crippen molar-refractivity contribution in [3.63, 3.8) is 0 Å². The molecule has 0 aliphatic heterocycles. The zero-order valence-electron chi connectivity index (χ0n) is 17.8. The smallest absolute Gasteiger partial charge is 0.236 e. The van der Waals surface area contributed by atoms with Gasteiger partial charge in [0.25, 0.3) is 0 Å². The summed E-state index contributed by atoms with van der Waals surface area (Å²) < 4.78 is 7.80. The largest absolute Gasteiger partial charge is 0.453 e. The van der Waals surface area contributed by atoms with Crippen molar-refractivity contribution in [3.05, 3.63) is 77.7 Å². The molecule has 1 amide bonds. The van der Waals surface area contributed by atoms with E-state index < -0.39 is 0 Å². The van der Waals surface area contributed by atoms with Gasteiger partial charge >= 0.3 is 0 Å². The minimum atomic E-state index is -0.174. The molecule has 0 bridgehead atoms. The summed E-state index contributed by atoms with van der Waals surface area (Å²) >= 11 is 8.76. The summed E-state index contributed by atoms with van der Waals surface area (Å²) in [7, 11) is 0. The van der Waals surface area contributed by atoms with Crippen molar-refractivity contribution in [3.8, 4) is 22.8 Å². The van der Waals surface area contributed by atoms with Gasteiger partial charge in [0.2, 0.25) is 11.7 Å². The zero-order valence-corrected chi connectivity index (χ0v) is 20.2. The maximum atomic E-state index is 12.6. The number of thioether (sulfide) groups is 1. The van der Waals surface area contributed by atoms with Crippen molar-refractivity contribution in [1.29, 1.82) is 0 Å². The monoisotopic (exact) mass is 507 g/mol. The van der Waals surface area contributed by atoms with E-state index in [9.17, 15) is 4.79 Å². The Morgan fingerprint density at radius 2 is 2.06 bits per heavy atom. The number of amides is 1. The number of hydrogen-bond donors (Lipinski definition) is 1. The molecule has 0 spiro atoms. The number of thiazole rings is 1. The third-order valence-electron chi connectivity index (χ3n) is 4.88. The number of aromatic nitrogens is 4. The van der Waals surface area contributed by atoms with Gasteiger partial charge in [-0.25, -0.2) is 4.98 Å². The molecule has 0 saturated carbocycles. The standard InChI is InChI=1S/C24H18ClN5O2S2/c1-2-10-30-22(20-12-16-11-17(25)8-9-19(16)32-20)28-29-24(30)34-14-21(31)27-23-26-18(13-33-23)15-6-4-3-5-7-15/h2-9,11-13H,1,10,14H2,(H,26,27,31). The van der Waals surface area contributed by atoms with Crippen LogP contribution in [-0.2, 0) is 11.3 Å². The predicted octanol–water partition coefficient (Wildman–Crippen LogP) is 6.39. The SMILES string of the molecule is C=CCn1c(SCC(=O)Nc2nc(-c3ccccc3)cs2)nnc1-c1cc2cc(Cl)ccc2o1. The highest BCUT2D eigenvalue weighted by Crippen LogP contribution is 2.31. The molecule has 170 valence electrons. The van der Waals surface area contributed by atoms with Crippen molar-refractivity contribution in [2.75, 3.05) is 11.1 Å². The Bertz CT molecular complexity index is 1480. The molecule has 0 fully saturated rings. The van der Waals surface area contributed by atoms with Gasteiger partial charge in [0.15, 0.2) is 16.0 Å². The molecule has 0 atom stereocenters. The van der Waals surface area contributed by atoms with Gasteiger partial charge in [-0.1, -0.05) is 59.8 Å². The summed E-state index contributed by atoms with van der Waals surface area (Å²) in [5.74, 6) is 1.11. The van der Waals surface area contributed by atoms with Crippen molar-refractivity contribution in [2.45, 2.75) is 11.7 Å². The first-order valence-corrected chi connectivity index (χ1v) is 12.5. The van der Waals surface area contributed by atoms with E-state index in [0.717, 1.165) is 16.6 Å². The number of carbonyl (C=O) groups excluding carboxylic acids is 1. The second-order valence-corrected chi connectivity index (χ2v) is 9.48. The topological polar surface area (TPSA) is 85.8 Å². The van der Waals surface area contributed by atoms with E-state index in [1.54, 1.807) is 12.1 Å². The Morgan fingerprint density at radius 1 is 1.21 bits per heavy atom. The summed E-state index contributed by atoms with van der Waals surface area (Å²) in [6, 6.07) is 17.1. The molecule has 2 aromatic carbocycles. The first kappa shape index (κ1) is 22.4. The Balaban J connectivity index is 1.29. The van der Waals surface area contributed by atoms with Gasteiger partial charge < -0.3 is 9.73 Å². The summed E-state index contributed by atoms with van der Waals surface area (Å²) in [6.45, 7) is 4.29. The molecular weight excluding hydrogens is 490 g/mol. The molecule has 34 heavy (non-hydrogen) atoms. The molecule has 0 aliphatic rings. The molecule has 3 heterocycles. The molecule has 10 heteroatoms. The van der Waals surface area contributed by atoms with E-state index in [1.165, 1.54) is 23.1 Å². The van der Waals surface area contributed by atoms with Crippen LogP contribution in [0.2, 0.25) is 5.02 Å². The number of nitrogens with one attached hydrogen (secondary N) is 1. The van der Waals surface area contributed by atoms with Gasteiger partial charge in [-0.15, -0.1) is 28.1 Å². The van der Waals surface area contributed by atoms with E-state index in [0.29, 0.717) is 39.0 Å². The second kappa shape index (κ2) is 9.84. The number of rotatable bonds is 8. The Labute approximate surface area is 208 Å². The number of carbonyl (C=O) groups is 1. The van der Waals surface area contributed by atoms with Crippen LogP contribution in [0.3, 0.4) is 0 Å². The average molecular weight is 508 g/mol. The van der Waals surface area contributed by atoms with Gasteiger partial charge in [0.1, 0.15) is 5.58 Å². The molecular formula is C24H18ClN5O2S2. The molecule has 3 aromatic heterocycles. The number of fused-ring (bicyclic) bond motifs is 1. The van der Waals surface area contributed by atoms with Gasteiger partial charge in [-0.05, 0) is 24.3 Å². The van der Waals surface area contributed by atoms with Crippen LogP contribution in [0.4, 0.5) is 5.13 Å². The van der Waals surface area contributed by atoms with Crippen molar-refractivity contribution in [2.24, 2.45) is 0 Å². The Hall–Kier alpha value is -3.40. The number of halogens is 1. The van der Waals surface area contributed by atoms with Crippen LogP contribution in [-0.4, -0.2) is 31.4 Å². The van der Waals surface area contributed by atoms with E-state index in [1.807, 2.05) is 58.5 Å². The maximum absolute atomic E-state index is 12.6. The fourth-order valence-corrected chi connectivity index (χ4v) is 5.02. The molecule has 5 rings (SSSR count). The molecule has 0 radical (unpaired) electrons.